The van der Waals surface area contributed by atoms with Gasteiger partial charge in [0.15, 0.2) is 15.3 Å². The highest BCUT2D eigenvalue weighted by atomic mass is 32.2. The van der Waals surface area contributed by atoms with Crippen LogP contribution in [0.2, 0.25) is 0 Å². The van der Waals surface area contributed by atoms with Gasteiger partial charge in [-0.1, -0.05) is 6.58 Å². The van der Waals surface area contributed by atoms with Crippen molar-refractivity contribution in [1.82, 2.24) is 0 Å². The predicted octanol–water partition coefficient (Wildman–Crippen LogP) is 0.0820. The molecule has 0 radical (unpaired) electrons. The lowest BCUT2D eigenvalue weighted by Gasteiger charge is -2.24. The number of methoxy groups -OCH3 is 2. The standard InChI is InChI=1S/C11H16O6S/c1-7-5-8(18(4,14)15)6-11(7,9(12)16-2)10(13)17-3/h8H,1,5-6H2,2-4H3/t8-/m0/s1. The Kier molecular flexibility index (Phi) is 3.85. The van der Waals surface area contributed by atoms with Crippen LogP contribution in [0.25, 0.3) is 0 Å². The Bertz CT molecular complexity index is 474. The molecule has 1 rings (SSSR count). The molecule has 1 saturated carbocycles. The van der Waals surface area contributed by atoms with E-state index in [0.717, 1.165) is 20.5 Å². The van der Waals surface area contributed by atoms with E-state index in [2.05, 4.69) is 16.1 Å². The fraction of sp³-hybridized carbons (Fsp3) is 0.636. The number of esters is 2. The van der Waals surface area contributed by atoms with Gasteiger partial charge in [0, 0.05) is 6.26 Å². The van der Waals surface area contributed by atoms with Crippen LogP contribution in [0.1, 0.15) is 12.8 Å². The van der Waals surface area contributed by atoms with Gasteiger partial charge >= 0.3 is 11.9 Å². The summed E-state index contributed by atoms with van der Waals surface area (Å²) < 4.78 is 32.3. The molecule has 0 aromatic carbocycles. The molecule has 0 N–H and O–H groups in total. The SMILES string of the molecule is C=C1C[C@H](S(C)(=O)=O)CC1(C(=O)OC)C(=O)OC. The molecule has 0 spiro atoms. The number of hydrogen-bond acceptors (Lipinski definition) is 6. The van der Waals surface area contributed by atoms with Crippen LogP contribution in [0, 0.1) is 5.41 Å². The third-order valence-electron chi connectivity index (χ3n) is 3.28. The average Bonchev–Trinajstić information content (AvgIpc) is 2.66. The van der Waals surface area contributed by atoms with Crippen molar-refractivity contribution in [2.45, 2.75) is 18.1 Å². The Morgan fingerprint density at radius 3 is 2.00 bits per heavy atom. The average molecular weight is 276 g/mol. The molecular formula is C11H16O6S. The van der Waals surface area contributed by atoms with Gasteiger partial charge in [0.25, 0.3) is 0 Å². The molecular weight excluding hydrogens is 260 g/mol. The fourth-order valence-electron chi connectivity index (χ4n) is 2.20. The van der Waals surface area contributed by atoms with Crippen molar-refractivity contribution < 1.29 is 27.5 Å². The van der Waals surface area contributed by atoms with Crippen LogP contribution < -0.4 is 0 Å². The highest BCUT2D eigenvalue weighted by molar-refractivity contribution is 7.91. The van der Waals surface area contributed by atoms with Crippen LogP contribution in [0.4, 0.5) is 0 Å². The van der Waals surface area contributed by atoms with E-state index in [1.807, 2.05) is 0 Å². The maximum absolute atomic E-state index is 11.8. The lowest BCUT2D eigenvalue weighted by atomic mass is 9.83. The zero-order chi connectivity index (χ0) is 14.1. The van der Waals surface area contributed by atoms with Gasteiger partial charge in [0.1, 0.15) is 0 Å². The quantitative estimate of drug-likeness (QED) is 0.412. The largest absolute Gasteiger partial charge is 0.468 e. The molecule has 0 amide bonds. The molecule has 0 bridgehead atoms. The summed E-state index contributed by atoms with van der Waals surface area (Å²) in [7, 11) is -1.10. The van der Waals surface area contributed by atoms with Crippen molar-refractivity contribution in [3.8, 4) is 0 Å². The normalized spacial score (nSPS) is 22.6. The van der Waals surface area contributed by atoms with Gasteiger partial charge in [-0.05, 0) is 18.4 Å². The summed E-state index contributed by atoms with van der Waals surface area (Å²) in [6.45, 7) is 3.64. The first-order valence-electron chi connectivity index (χ1n) is 5.24. The summed E-state index contributed by atoms with van der Waals surface area (Å²) in [5.74, 6) is -1.66. The monoisotopic (exact) mass is 276 g/mol. The van der Waals surface area contributed by atoms with Crippen LogP contribution in [0.15, 0.2) is 12.2 Å². The molecule has 0 aromatic rings. The first kappa shape index (κ1) is 14.7. The van der Waals surface area contributed by atoms with Crippen molar-refractivity contribution in [2.75, 3.05) is 20.5 Å². The fourth-order valence-corrected chi connectivity index (χ4v) is 3.25. The minimum atomic E-state index is -3.37. The second kappa shape index (κ2) is 4.72. The molecule has 0 saturated heterocycles. The van der Waals surface area contributed by atoms with E-state index < -0.39 is 32.4 Å². The molecule has 1 aliphatic rings. The third-order valence-corrected chi connectivity index (χ3v) is 4.83. The van der Waals surface area contributed by atoms with Crippen LogP contribution in [0.3, 0.4) is 0 Å². The summed E-state index contributed by atoms with van der Waals surface area (Å²) in [4.78, 5) is 23.7. The van der Waals surface area contributed by atoms with Gasteiger partial charge < -0.3 is 9.47 Å². The minimum absolute atomic E-state index is 0.0586. The summed E-state index contributed by atoms with van der Waals surface area (Å²) >= 11 is 0. The number of ether oxygens (including phenoxy) is 2. The number of hydrogen-bond donors (Lipinski definition) is 0. The number of rotatable bonds is 3. The maximum Gasteiger partial charge on any atom is 0.327 e. The van der Waals surface area contributed by atoms with Crippen molar-refractivity contribution in [2.24, 2.45) is 5.41 Å². The maximum atomic E-state index is 11.8. The summed E-state index contributed by atoms with van der Waals surface area (Å²) in [5.41, 5.74) is -1.48. The van der Waals surface area contributed by atoms with Crippen LogP contribution in [-0.2, 0) is 28.9 Å². The van der Waals surface area contributed by atoms with Gasteiger partial charge in [0.2, 0.25) is 0 Å². The number of carbonyl (C=O) groups excluding carboxylic acids is 2. The third kappa shape index (κ3) is 2.14. The van der Waals surface area contributed by atoms with E-state index in [-0.39, 0.29) is 18.4 Å². The zero-order valence-electron chi connectivity index (χ0n) is 10.6. The Morgan fingerprint density at radius 2 is 1.72 bits per heavy atom. The zero-order valence-corrected chi connectivity index (χ0v) is 11.4. The van der Waals surface area contributed by atoms with E-state index in [1.54, 1.807) is 0 Å². The van der Waals surface area contributed by atoms with E-state index in [1.165, 1.54) is 0 Å². The van der Waals surface area contributed by atoms with E-state index in [0.29, 0.717) is 0 Å². The van der Waals surface area contributed by atoms with Crippen molar-refractivity contribution in [3.05, 3.63) is 12.2 Å². The lowest BCUT2D eigenvalue weighted by Crippen LogP contribution is -2.41. The highest BCUT2D eigenvalue weighted by Gasteiger charge is 2.58. The van der Waals surface area contributed by atoms with E-state index >= 15 is 0 Å². The highest BCUT2D eigenvalue weighted by Crippen LogP contribution is 2.46. The smallest absolute Gasteiger partial charge is 0.327 e. The van der Waals surface area contributed by atoms with Crippen LogP contribution >= 0.6 is 0 Å². The number of carbonyl (C=O) groups is 2. The molecule has 0 unspecified atom stereocenters. The van der Waals surface area contributed by atoms with Crippen LogP contribution in [-0.4, -0.2) is 46.1 Å². The Labute approximate surface area is 106 Å². The minimum Gasteiger partial charge on any atom is -0.468 e. The van der Waals surface area contributed by atoms with Crippen molar-refractivity contribution in [1.29, 1.82) is 0 Å². The van der Waals surface area contributed by atoms with Gasteiger partial charge in [-0.3, -0.25) is 9.59 Å². The summed E-state index contributed by atoms with van der Waals surface area (Å²) in [6, 6.07) is 0. The second-order valence-corrected chi connectivity index (χ2v) is 6.68. The molecule has 7 heteroatoms. The van der Waals surface area contributed by atoms with Gasteiger partial charge in [-0.25, -0.2) is 8.42 Å². The van der Waals surface area contributed by atoms with Gasteiger partial charge in [-0.2, -0.15) is 0 Å². The summed E-state index contributed by atoms with van der Waals surface area (Å²) in [5, 5.41) is -0.816. The summed E-state index contributed by atoms with van der Waals surface area (Å²) in [6.07, 6.45) is 0.947. The molecule has 102 valence electrons. The molecule has 0 heterocycles. The van der Waals surface area contributed by atoms with Crippen molar-refractivity contribution >= 4 is 21.8 Å². The predicted molar refractivity (Wildman–Crippen MR) is 63.5 cm³/mol. The molecule has 6 nitrogen and oxygen atoms in total. The number of sulfone groups is 1. The Balaban J connectivity index is 3.27. The molecule has 1 aliphatic carbocycles. The molecule has 1 atom stereocenters. The van der Waals surface area contributed by atoms with Gasteiger partial charge in [0.05, 0.1) is 19.5 Å². The first-order valence-corrected chi connectivity index (χ1v) is 7.19. The van der Waals surface area contributed by atoms with E-state index in [4.69, 9.17) is 0 Å². The van der Waals surface area contributed by atoms with Crippen molar-refractivity contribution in [3.63, 3.8) is 0 Å². The Hall–Kier alpha value is -1.37. The topological polar surface area (TPSA) is 86.7 Å². The molecule has 0 aromatic heterocycles. The Morgan fingerprint density at radius 1 is 1.28 bits per heavy atom. The van der Waals surface area contributed by atoms with E-state index in [9.17, 15) is 18.0 Å². The van der Waals surface area contributed by atoms with Crippen LogP contribution in [0.5, 0.6) is 0 Å². The molecule has 1 fully saturated rings. The van der Waals surface area contributed by atoms with Gasteiger partial charge in [-0.15, -0.1) is 0 Å². The second-order valence-electron chi connectivity index (χ2n) is 4.35. The molecule has 0 aliphatic heterocycles. The lowest BCUT2D eigenvalue weighted by molar-refractivity contribution is -0.165. The first-order chi connectivity index (χ1) is 8.20. The molecule has 18 heavy (non-hydrogen) atoms.